The van der Waals surface area contributed by atoms with Crippen LogP contribution < -0.4 is 5.11 Å². The van der Waals surface area contributed by atoms with E-state index in [0.717, 1.165) is 6.42 Å². The zero-order chi connectivity index (χ0) is 9.49. The van der Waals surface area contributed by atoms with Gasteiger partial charge >= 0.3 is 0 Å². The van der Waals surface area contributed by atoms with Gasteiger partial charge in [0.15, 0.2) is 6.23 Å². The quantitative estimate of drug-likeness (QED) is 0.315. The second-order valence-corrected chi connectivity index (χ2v) is 3.10. The Hall–Kier alpha value is -0.610. The summed E-state index contributed by atoms with van der Waals surface area (Å²) >= 11 is 0. The average Bonchev–Trinajstić information content (AvgIpc) is 1.86. The lowest BCUT2D eigenvalue weighted by Gasteiger charge is -2.28. The van der Waals surface area contributed by atoms with Crippen molar-refractivity contribution < 1.29 is 19.5 Å². The molecule has 4 nitrogen and oxygen atoms in total. The van der Waals surface area contributed by atoms with Gasteiger partial charge in [-0.1, -0.05) is 6.92 Å². The van der Waals surface area contributed by atoms with E-state index in [-0.39, 0.29) is 6.23 Å². The van der Waals surface area contributed by atoms with E-state index in [1.54, 1.807) is 0 Å². The molecule has 1 N–H and O–H groups in total. The molecule has 1 unspecified atom stereocenters. The molecule has 0 aromatic heterocycles. The van der Waals surface area contributed by atoms with Gasteiger partial charge in [0.1, 0.15) is 0 Å². The maximum absolute atomic E-state index is 9.17. The largest absolute Gasteiger partial charge is 0.554 e. The summed E-state index contributed by atoms with van der Waals surface area (Å²) in [5.41, 5.74) is 0. The lowest BCUT2D eigenvalue weighted by Crippen LogP contribution is -2.44. The molecule has 0 amide bonds. The number of aliphatic hydroxyl groups excluding tert-OH is 1. The van der Waals surface area contributed by atoms with Gasteiger partial charge in [-0.05, 0) is 0 Å². The predicted octanol–water partition coefficient (Wildman–Crippen LogP) is -1.21. The number of rotatable bonds is 2. The summed E-state index contributed by atoms with van der Waals surface area (Å²) in [6.45, 7) is 1.48. The van der Waals surface area contributed by atoms with Crippen molar-refractivity contribution in [3.8, 4) is 0 Å². The van der Waals surface area contributed by atoms with Crippen LogP contribution in [0.2, 0.25) is 0 Å². The molecule has 0 rings (SSSR count). The molecule has 0 spiro atoms. The van der Waals surface area contributed by atoms with Crippen LogP contribution in [0.3, 0.4) is 0 Å². The number of aliphatic hydroxyl groups is 1. The van der Waals surface area contributed by atoms with Crippen LogP contribution in [0.15, 0.2) is 0 Å². The van der Waals surface area contributed by atoms with Gasteiger partial charge in [0.05, 0.1) is 21.1 Å². The molecule has 0 saturated carbocycles. The Kier molecular flexibility index (Phi) is 7.24. The zero-order valence-corrected chi connectivity index (χ0v) is 7.57. The van der Waals surface area contributed by atoms with Crippen LogP contribution in [-0.4, -0.2) is 43.4 Å². The summed E-state index contributed by atoms with van der Waals surface area (Å²) in [6, 6.07) is 0. The van der Waals surface area contributed by atoms with Crippen molar-refractivity contribution in [2.45, 2.75) is 19.6 Å². The van der Waals surface area contributed by atoms with Crippen molar-refractivity contribution in [1.29, 1.82) is 0 Å². The molecular formula is C7H17NO3. The molecule has 0 bridgehead atoms. The van der Waals surface area contributed by atoms with Crippen molar-refractivity contribution in [3.63, 3.8) is 0 Å². The van der Waals surface area contributed by atoms with E-state index in [1.807, 2.05) is 28.1 Å². The molecule has 0 aliphatic rings. The summed E-state index contributed by atoms with van der Waals surface area (Å²) < 4.78 is 0.635. The first-order valence-corrected chi connectivity index (χ1v) is 3.44. The average molecular weight is 163 g/mol. The maximum atomic E-state index is 9.17. The highest BCUT2D eigenvalue weighted by atomic mass is 16.3. The van der Waals surface area contributed by atoms with E-state index in [1.165, 1.54) is 0 Å². The fraction of sp³-hybridized carbons (Fsp3) is 0.857. The molecule has 0 aromatic carbocycles. The Morgan fingerprint density at radius 2 is 1.82 bits per heavy atom. The van der Waals surface area contributed by atoms with Crippen LogP contribution in [0, 0.1) is 0 Å². The highest BCUT2D eigenvalue weighted by Gasteiger charge is 2.16. The van der Waals surface area contributed by atoms with Gasteiger partial charge in [-0.2, -0.15) is 0 Å². The molecular weight excluding hydrogens is 146 g/mol. The van der Waals surface area contributed by atoms with Gasteiger partial charge in [-0.3, -0.25) is 0 Å². The van der Waals surface area contributed by atoms with E-state index in [4.69, 9.17) is 15.0 Å². The molecule has 4 heteroatoms. The van der Waals surface area contributed by atoms with Crippen molar-refractivity contribution in [3.05, 3.63) is 0 Å². The number of hydrogen-bond acceptors (Lipinski definition) is 3. The zero-order valence-electron chi connectivity index (χ0n) is 7.57. The van der Waals surface area contributed by atoms with Crippen molar-refractivity contribution in [1.82, 2.24) is 0 Å². The molecule has 0 radical (unpaired) electrons. The summed E-state index contributed by atoms with van der Waals surface area (Å²) in [5.74, 6) is 0. The van der Waals surface area contributed by atoms with E-state index < -0.39 is 6.47 Å². The number of carbonyl (C=O) groups excluding carboxylic acids is 1. The standard InChI is InChI=1S/C6H16NO.CH2O2/c1-5-6(8)7(2,3)4;2-1-3/h6,8H,5H2,1-4H3;1H,(H,2,3)/q+1;/p-1. The smallest absolute Gasteiger partial charge is 0.189 e. The van der Waals surface area contributed by atoms with Crippen LogP contribution in [0.5, 0.6) is 0 Å². The minimum atomic E-state index is -0.500. The molecule has 0 aliphatic heterocycles. The van der Waals surface area contributed by atoms with Crippen LogP contribution in [0.1, 0.15) is 13.3 Å². The summed E-state index contributed by atoms with van der Waals surface area (Å²) in [6.07, 6.45) is 0.610. The molecule has 0 heterocycles. The second kappa shape index (κ2) is 6.12. The van der Waals surface area contributed by atoms with E-state index >= 15 is 0 Å². The molecule has 11 heavy (non-hydrogen) atoms. The molecule has 0 aromatic rings. The van der Waals surface area contributed by atoms with Crippen LogP contribution in [0.25, 0.3) is 0 Å². The third-order valence-corrected chi connectivity index (χ3v) is 1.26. The van der Waals surface area contributed by atoms with Gasteiger partial charge in [-0.25, -0.2) is 0 Å². The molecule has 68 valence electrons. The van der Waals surface area contributed by atoms with Crippen molar-refractivity contribution in [2.24, 2.45) is 0 Å². The third kappa shape index (κ3) is 9.39. The number of nitrogens with zero attached hydrogens (tertiary/aromatic N) is 1. The molecule has 0 aliphatic carbocycles. The van der Waals surface area contributed by atoms with Gasteiger partial charge < -0.3 is 19.5 Å². The number of carbonyl (C=O) groups is 1. The highest BCUT2D eigenvalue weighted by Crippen LogP contribution is 2.01. The van der Waals surface area contributed by atoms with Crippen LogP contribution >= 0.6 is 0 Å². The summed E-state index contributed by atoms with van der Waals surface area (Å²) in [5, 5.41) is 17.4. The Bertz CT molecular complexity index is 98.3. The Labute approximate surface area is 67.7 Å². The minimum absolute atomic E-state index is 0.213. The summed E-state index contributed by atoms with van der Waals surface area (Å²) in [7, 11) is 5.94. The predicted molar refractivity (Wildman–Crippen MR) is 40.4 cm³/mol. The van der Waals surface area contributed by atoms with Crippen molar-refractivity contribution in [2.75, 3.05) is 21.1 Å². The molecule has 0 fully saturated rings. The molecule has 1 atom stereocenters. The minimum Gasteiger partial charge on any atom is -0.554 e. The normalized spacial score (nSPS) is 12.8. The van der Waals surface area contributed by atoms with Gasteiger partial charge in [0.25, 0.3) is 0 Å². The fourth-order valence-corrected chi connectivity index (χ4v) is 0.548. The number of quaternary nitrogens is 1. The van der Waals surface area contributed by atoms with Crippen LogP contribution in [0.4, 0.5) is 0 Å². The first kappa shape index (κ1) is 13.0. The summed E-state index contributed by atoms with van der Waals surface area (Å²) in [4.78, 5) is 8.25. The van der Waals surface area contributed by atoms with E-state index in [9.17, 15) is 0 Å². The maximum Gasteiger partial charge on any atom is 0.189 e. The Balaban J connectivity index is 0. The van der Waals surface area contributed by atoms with Crippen LogP contribution in [-0.2, 0) is 4.79 Å². The first-order chi connectivity index (χ1) is 4.90. The van der Waals surface area contributed by atoms with Gasteiger partial charge in [-0.15, -0.1) is 0 Å². The van der Waals surface area contributed by atoms with E-state index in [0.29, 0.717) is 4.48 Å². The fourth-order valence-electron chi connectivity index (χ4n) is 0.548. The Morgan fingerprint density at radius 1 is 1.55 bits per heavy atom. The monoisotopic (exact) mass is 163 g/mol. The first-order valence-electron chi connectivity index (χ1n) is 3.44. The second-order valence-electron chi connectivity index (χ2n) is 3.10. The lowest BCUT2D eigenvalue weighted by atomic mass is 10.4. The molecule has 0 saturated heterocycles. The third-order valence-electron chi connectivity index (χ3n) is 1.26. The SMILES string of the molecule is CCC(O)[N+](C)(C)C.O=C[O-]. The number of carboxylic acid groups (broad SMARTS) is 1. The highest BCUT2D eigenvalue weighted by molar-refractivity contribution is 5.29. The van der Waals surface area contributed by atoms with E-state index in [2.05, 4.69) is 0 Å². The number of hydrogen-bond donors (Lipinski definition) is 1. The van der Waals surface area contributed by atoms with Gasteiger partial charge in [0, 0.05) is 12.9 Å². The Morgan fingerprint density at radius 3 is 1.82 bits per heavy atom. The van der Waals surface area contributed by atoms with Crippen molar-refractivity contribution >= 4 is 6.47 Å². The topological polar surface area (TPSA) is 60.4 Å². The van der Waals surface area contributed by atoms with Gasteiger partial charge in [0.2, 0.25) is 0 Å². The lowest BCUT2D eigenvalue weighted by molar-refractivity contribution is -0.918.